The fourth-order valence-electron chi connectivity index (χ4n) is 2.93. The summed E-state index contributed by atoms with van der Waals surface area (Å²) in [6, 6.07) is 8.12. The maximum atomic E-state index is 12.7. The van der Waals surface area contributed by atoms with Crippen LogP contribution in [0.15, 0.2) is 36.0 Å². The molecule has 0 fully saturated rings. The predicted molar refractivity (Wildman–Crippen MR) is 109 cm³/mol. The van der Waals surface area contributed by atoms with Gasteiger partial charge in [-0.3, -0.25) is 9.78 Å². The predicted octanol–water partition coefficient (Wildman–Crippen LogP) is 3.26. The molecule has 0 aliphatic heterocycles. The SMILES string of the molecule is CCCc1c(C(=O)NCC(O)c2cncs2)nnn1-c1cccc(C(C)C)c1. The molecule has 2 heterocycles. The molecule has 148 valence electrons. The highest BCUT2D eigenvalue weighted by Crippen LogP contribution is 2.21. The van der Waals surface area contributed by atoms with Crippen molar-refractivity contribution in [1.29, 1.82) is 0 Å². The van der Waals surface area contributed by atoms with E-state index in [2.05, 4.69) is 53.5 Å². The van der Waals surface area contributed by atoms with Gasteiger partial charge in [0, 0.05) is 12.7 Å². The Bertz CT molecular complexity index is 921. The molecule has 3 rings (SSSR count). The smallest absolute Gasteiger partial charge is 0.273 e. The van der Waals surface area contributed by atoms with Gasteiger partial charge in [0.2, 0.25) is 0 Å². The number of amides is 1. The Morgan fingerprint density at radius 1 is 1.36 bits per heavy atom. The summed E-state index contributed by atoms with van der Waals surface area (Å²) < 4.78 is 1.74. The van der Waals surface area contributed by atoms with Gasteiger partial charge in [-0.15, -0.1) is 16.4 Å². The van der Waals surface area contributed by atoms with Crippen LogP contribution in [0.3, 0.4) is 0 Å². The molecular formula is C20H25N5O2S. The van der Waals surface area contributed by atoms with Crippen molar-refractivity contribution in [3.63, 3.8) is 0 Å². The summed E-state index contributed by atoms with van der Waals surface area (Å²) >= 11 is 1.35. The number of aliphatic hydroxyl groups excluding tert-OH is 1. The summed E-state index contributed by atoms with van der Waals surface area (Å²) in [4.78, 5) is 17.3. The largest absolute Gasteiger partial charge is 0.386 e. The van der Waals surface area contributed by atoms with Crippen molar-refractivity contribution in [3.05, 3.63) is 57.8 Å². The maximum absolute atomic E-state index is 12.7. The summed E-state index contributed by atoms with van der Waals surface area (Å²) in [5.74, 6) is 0.0624. The number of hydrogen-bond acceptors (Lipinski definition) is 6. The van der Waals surface area contributed by atoms with E-state index in [-0.39, 0.29) is 12.5 Å². The second-order valence-electron chi connectivity index (χ2n) is 6.93. The molecule has 8 heteroatoms. The molecule has 7 nitrogen and oxygen atoms in total. The van der Waals surface area contributed by atoms with E-state index >= 15 is 0 Å². The molecular weight excluding hydrogens is 374 g/mol. The maximum Gasteiger partial charge on any atom is 0.273 e. The molecule has 1 unspecified atom stereocenters. The molecule has 0 aliphatic carbocycles. The van der Waals surface area contributed by atoms with Crippen LogP contribution in [0, 0.1) is 0 Å². The van der Waals surface area contributed by atoms with Gasteiger partial charge in [-0.25, -0.2) is 4.68 Å². The summed E-state index contributed by atoms with van der Waals surface area (Å²) in [5.41, 5.74) is 4.82. The highest BCUT2D eigenvalue weighted by atomic mass is 32.1. The molecule has 1 atom stereocenters. The van der Waals surface area contributed by atoms with E-state index in [0.717, 1.165) is 17.8 Å². The third-order valence-electron chi connectivity index (χ3n) is 4.48. The van der Waals surface area contributed by atoms with Crippen LogP contribution in [0.25, 0.3) is 5.69 Å². The molecule has 1 aromatic carbocycles. The lowest BCUT2D eigenvalue weighted by molar-refractivity contribution is 0.0912. The van der Waals surface area contributed by atoms with Crippen LogP contribution < -0.4 is 5.32 Å². The number of benzene rings is 1. The van der Waals surface area contributed by atoms with E-state index in [0.29, 0.717) is 22.9 Å². The van der Waals surface area contributed by atoms with Gasteiger partial charge in [0.25, 0.3) is 5.91 Å². The number of hydrogen-bond donors (Lipinski definition) is 2. The van der Waals surface area contributed by atoms with Gasteiger partial charge in [0.1, 0.15) is 6.10 Å². The Morgan fingerprint density at radius 2 is 2.18 bits per heavy atom. The topological polar surface area (TPSA) is 92.9 Å². The molecule has 28 heavy (non-hydrogen) atoms. The van der Waals surface area contributed by atoms with Crippen molar-refractivity contribution < 1.29 is 9.90 Å². The number of aromatic nitrogens is 4. The number of carbonyl (C=O) groups is 1. The summed E-state index contributed by atoms with van der Waals surface area (Å²) in [6.07, 6.45) is 2.35. The van der Waals surface area contributed by atoms with Crippen molar-refractivity contribution in [2.75, 3.05) is 6.54 Å². The Labute approximate surface area is 168 Å². The minimum atomic E-state index is -0.788. The lowest BCUT2D eigenvalue weighted by Crippen LogP contribution is -2.29. The number of thiazole rings is 1. The van der Waals surface area contributed by atoms with E-state index in [1.807, 2.05) is 12.1 Å². The van der Waals surface area contributed by atoms with Crippen molar-refractivity contribution in [3.8, 4) is 5.69 Å². The van der Waals surface area contributed by atoms with E-state index in [4.69, 9.17) is 0 Å². The van der Waals surface area contributed by atoms with Crippen molar-refractivity contribution in [2.45, 2.75) is 45.6 Å². The summed E-state index contributed by atoms with van der Waals surface area (Å²) in [5, 5.41) is 21.3. The van der Waals surface area contributed by atoms with Crippen LogP contribution in [0.1, 0.15) is 65.8 Å². The zero-order valence-electron chi connectivity index (χ0n) is 16.3. The average molecular weight is 400 g/mol. The fourth-order valence-corrected chi connectivity index (χ4v) is 3.53. The van der Waals surface area contributed by atoms with Crippen molar-refractivity contribution >= 4 is 17.2 Å². The van der Waals surface area contributed by atoms with Crippen LogP contribution in [0.4, 0.5) is 0 Å². The van der Waals surface area contributed by atoms with Crippen LogP contribution in [0.2, 0.25) is 0 Å². The lowest BCUT2D eigenvalue weighted by atomic mass is 10.0. The molecule has 0 saturated heterocycles. The lowest BCUT2D eigenvalue weighted by Gasteiger charge is -2.11. The molecule has 2 N–H and O–H groups in total. The van der Waals surface area contributed by atoms with Crippen molar-refractivity contribution in [1.82, 2.24) is 25.3 Å². The van der Waals surface area contributed by atoms with Gasteiger partial charge < -0.3 is 10.4 Å². The fraction of sp³-hybridized carbons (Fsp3) is 0.400. The normalized spacial score (nSPS) is 12.3. The zero-order chi connectivity index (χ0) is 20.1. The summed E-state index contributed by atoms with van der Waals surface area (Å²) in [6.45, 7) is 6.43. The van der Waals surface area contributed by atoms with Crippen LogP contribution in [0.5, 0.6) is 0 Å². The minimum absolute atomic E-state index is 0.0995. The van der Waals surface area contributed by atoms with Crippen LogP contribution >= 0.6 is 11.3 Å². The third kappa shape index (κ3) is 4.45. The van der Waals surface area contributed by atoms with Gasteiger partial charge in [0.05, 0.1) is 21.8 Å². The Hall–Kier alpha value is -2.58. The second kappa shape index (κ2) is 9.07. The first kappa shape index (κ1) is 20.2. The molecule has 0 saturated carbocycles. The summed E-state index contributed by atoms with van der Waals surface area (Å²) in [7, 11) is 0. The quantitative estimate of drug-likeness (QED) is 0.606. The van der Waals surface area contributed by atoms with Crippen molar-refractivity contribution in [2.24, 2.45) is 0 Å². The monoisotopic (exact) mass is 399 g/mol. The highest BCUT2D eigenvalue weighted by Gasteiger charge is 2.21. The average Bonchev–Trinajstić information content (AvgIpc) is 3.36. The van der Waals surface area contributed by atoms with E-state index < -0.39 is 6.10 Å². The number of carbonyl (C=O) groups excluding carboxylic acids is 1. The highest BCUT2D eigenvalue weighted by molar-refractivity contribution is 7.09. The number of nitrogens with zero attached hydrogens (tertiary/aromatic N) is 4. The Balaban J connectivity index is 1.82. The van der Waals surface area contributed by atoms with Gasteiger partial charge in [0.15, 0.2) is 5.69 Å². The number of rotatable bonds is 8. The standard InChI is InChI=1S/C20H25N5O2S/c1-4-6-16-19(20(27)22-10-17(26)18-11-21-12-28-18)23-24-25(16)15-8-5-7-14(9-15)13(2)3/h5,7-9,11-13,17,26H,4,6,10H2,1-3H3,(H,22,27). The Morgan fingerprint density at radius 3 is 2.86 bits per heavy atom. The first-order valence-electron chi connectivity index (χ1n) is 9.40. The van der Waals surface area contributed by atoms with E-state index in [9.17, 15) is 9.90 Å². The second-order valence-corrected chi connectivity index (χ2v) is 7.84. The first-order valence-corrected chi connectivity index (χ1v) is 10.3. The molecule has 2 aromatic heterocycles. The first-order chi connectivity index (χ1) is 13.5. The molecule has 0 aliphatic rings. The van der Waals surface area contributed by atoms with Crippen LogP contribution in [-0.4, -0.2) is 37.5 Å². The van der Waals surface area contributed by atoms with Gasteiger partial charge in [-0.1, -0.05) is 44.5 Å². The molecule has 3 aromatic rings. The number of nitrogens with one attached hydrogen (secondary N) is 1. The van der Waals surface area contributed by atoms with E-state index in [1.54, 1.807) is 16.4 Å². The minimum Gasteiger partial charge on any atom is -0.386 e. The molecule has 0 bridgehead atoms. The third-order valence-corrected chi connectivity index (χ3v) is 5.36. The molecule has 0 radical (unpaired) electrons. The van der Waals surface area contributed by atoms with E-state index in [1.165, 1.54) is 16.9 Å². The molecule has 0 spiro atoms. The molecule has 1 amide bonds. The zero-order valence-corrected chi connectivity index (χ0v) is 17.1. The van der Waals surface area contributed by atoms with Crippen LogP contribution in [-0.2, 0) is 6.42 Å². The van der Waals surface area contributed by atoms with Gasteiger partial charge in [-0.05, 0) is 30.0 Å². The van der Waals surface area contributed by atoms with Gasteiger partial charge in [-0.2, -0.15) is 0 Å². The Kier molecular flexibility index (Phi) is 6.53. The number of aliphatic hydroxyl groups is 1. The van der Waals surface area contributed by atoms with Gasteiger partial charge >= 0.3 is 0 Å².